The molecule has 0 saturated carbocycles. The molecule has 0 aliphatic rings. The Bertz CT molecular complexity index is 1250. The first-order valence-electron chi connectivity index (χ1n) is 10.2. The molecule has 0 saturated heterocycles. The lowest BCUT2D eigenvalue weighted by Gasteiger charge is -2.17. The number of aliphatic hydroxyl groups excluding tert-OH is 1. The number of aromatic nitrogens is 3. The van der Waals surface area contributed by atoms with Crippen LogP contribution >= 0.6 is 0 Å². The summed E-state index contributed by atoms with van der Waals surface area (Å²) in [7, 11) is 3.32. The van der Waals surface area contributed by atoms with E-state index in [9.17, 15) is 4.79 Å². The minimum Gasteiger partial charge on any atom is -0.497 e. The number of anilines is 2. The molecule has 2 aromatic carbocycles. The lowest BCUT2D eigenvalue weighted by molar-refractivity contribution is 0.0766. The second kappa shape index (κ2) is 9.07. The van der Waals surface area contributed by atoms with Crippen molar-refractivity contribution in [2.24, 2.45) is 0 Å². The van der Waals surface area contributed by atoms with Gasteiger partial charge in [-0.3, -0.25) is 9.20 Å². The molecule has 0 aliphatic carbocycles. The highest BCUT2D eigenvalue weighted by Crippen LogP contribution is 2.27. The Morgan fingerprint density at radius 3 is 2.66 bits per heavy atom. The third kappa shape index (κ3) is 4.13. The van der Waals surface area contributed by atoms with Crippen molar-refractivity contribution in [3.8, 4) is 17.0 Å². The molecule has 2 aromatic heterocycles. The van der Waals surface area contributed by atoms with Crippen LogP contribution in [0.2, 0.25) is 0 Å². The molecule has 8 heteroatoms. The monoisotopic (exact) mass is 431 g/mol. The second-order valence-electron chi connectivity index (χ2n) is 7.45. The van der Waals surface area contributed by atoms with Gasteiger partial charge in [-0.2, -0.15) is 0 Å². The van der Waals surface area contributed by atoms with Crippen molar-refractivity contribution in [2.45, 2.75) is 6.92 Å². The number of likely N-dealkylation sites (N-methyl/N-ethyl adjacent to an activating group) is 1. The Kier molecular flexibility index (Phi) is 6.04. The summed E-state index contributed by atoms with van der Waals surface area (Å²) < 4.78 is 7.22. The minimum absolute atomic E-state index is 0.0700. The maximum atomic E-state index is 12.5. The molecule has 164 valence electrons. The summed E-state index contributed by atoms with van der Waals surface area (Å²) in [6.45, 7) is 2.11. The predicted octanol–water partition coefficient (Wildman–Crippen LogP) is 3.52. The minimum atomic E-state index is -0.124. The van der Waals surface area contributed by atoms with Gasteiger partial charge in [0.05, 0.1) is 25.6 Å². The van der Waals surface area contributed by atoms with Gasteiger partial charge in [-0.15, -0.1) is 0 Å². The van der Waals surface area contributed by atoms with Crippen LogP contribution < -0.4 is 10.1 Å². The topological polar surface area (TPSA) is 92.0 Å². The van der Waals surface area contributed by atoms with Gasteiger partial charge in [0, 0.05) is 42.8 Å². The standard InChI is InChI=1S/C24H25N5O3/c1-16-14-18(6-9-20(16)24(31)28(2)12-13-30)27-22-23-26-15-21(29(23)11-10-25-22)17-4-7-19(32-3)8-5-17/h4-11,14-15,30H,12-13H2,1-3H3,(H,25,27). The van der Waals surface area contributed by atoms with Crippen LogP contribution in [0.5, 0.6) is 5.75 Å². The number of carbonyl (C=O) groups excluding carboxylic acids is 1. The summed E-state index contributed by atoms with van der Waals surface area (Å²) in [5, 5.41) is 12.4. The van der Waals surface area contributed by atoms with Crippen molar-refractivity contribution in [3.63, 3.8) is 0 Å². The normalized spacial score (nSPS) is 10.9. The molecule has 0 bridgehead atoms. The molecule has 0 radical (unpaired) electrons. The molecule has 0 fully saturated rings. The van der Waals surface area contributed by atoms with Gasteiger partial charge in [0.15, 0.2) is 11.5 Å². The van der Waals surface area contributed by atoms with Crippen LogP contribution in [0.25, 0.3) is 16.9 Å². The fraction of sp³-hybridized carbons (Fsp3) is 0.208. The largest absolute Gasteiger partial charge is 0.497 e. The zero-order valence-corrected chi connectivity index (χ0v) is 18.2. The van der Waals surface area contributed by atoms with Crippen molar-refractivity contribution < 1.29 is 14.6 Å². The van der Waals surface area contributed by atoms with Crippen molar-refractivity contribution in [1.82, 2.24) is 19.3 Å². The number of methoxy groups -OCH3 is 1. The molecule has 32 heavy (non-hydrogen) atoms. The van der Waals surface area contributed by atoms with Gasteiger partial charge in [0.2, 0.25) is 0 Å². The fourth-order valence-corrected chi connectivity index (χ4v) is 3.56. The number of fused-ring (bicyclic) bond motifs is 1. The van der Waals surface area contributed by atoms with E-state index in [1.165, 1.54) is 4.90 Å². The molecule has 0 aliphatic heterocycles. The van der Waals surface area contributed by atoms with E-state index in [4.69, 9.17) is 9.84 Å². The van der Waals surface area contributed by atoms with Gasteiger partial charge < -0.3 is 20.1 Å². The van der Waals surface area contributed by atoms with E-state index in [1.807, 2.05) is 60.1 Å². The zero-order valence-electron chi connectivity index (χ0n) is 18.2. The van der Waals surface area contributed by atoms with Gasteiger partial charge in [0.25, 0.3) is 5.91 Å². The molecular weight excluding hydrogens is 406 g/mol. The van der Waals surface area contributed by atoms with Gasteiger partial charge >= 0.3 is 0 Å². The van der Waals surface area contributed by atoms with Crippen molar-refractivity contribution in [3.05, 3.63) is 72.2 Å². The molecular formula is C24H25N5O3. The Balaban J connectivity index is 1.61. The van der Waals surface area contributed by atoms with Crippen LogP contribution in [-0.4, -0.2) is 57.6 Å². The highest BCUT2D eigenvalue weighted by atomic mass is 16.5. The van der Waals surface area contributed by atoms with Crippen molar-refractivity contribution >= 4 is 23.1 Å². The summed E-state index contributed by atoms with van der Waals surface area (Å²) in [6.07, 6.45) is 5.41. The maximum absolute atomic E-state index is 12.5. The van der Waals surface area contributed by atoms with Gasteiger partial charge in [-0.05, 0) is 55.0 Å². The summed E-state index contributed by atoms with van der Waals surface area (Å²) in [6, 6.07) is 13.3. The SMILES string of the molecule is COc1ccc(-c2cnc3c(Nc4ccc(C(=O)N(C)CCO)c(C)c4)nccn23)cc1. The van der Waals surface area contributed by atoms with E-state index < -0.39 is 0 Å². The maximum Gasteiger partial charge on any atom is 0.253 e. The van der Waals surface area contributed by atoms with E-state index in [1.54, 1.807) is 26.4 Å². The van der Waals surface area contributed by atoms with E-state index in [-0.39, 0.29) is 12.5 Å². The third-order valence-electron chi connectivity index (χ3n) is 5.32. The van der Waals surface area contributed by atoms with Crippen LogP contribution in [0.4, 0.5) is 11.5 Å². The number of amides is 1. The highest BCUT2D eigenvalue weighted by molar-refractivity contribution is 5.96. The quantitative estimate of drug-likeness (QED) is 0.465. The van der Waals surface area contributed by atoms with Crippen LogP contribution in [0, 0.1) is 6.92 Å². The zero-order chi connectivity index (χ0) is 22.7. The number of hydrogen-bond acceptors (Lipinski definition) is 6. The van der Waals surface area contributed by atoms with E-state index >= 15 is 0 Å². The van der Waals surface area contributed by atoms with Gasteiger partial charge in [0.1, 0.15) is 5.75 Å². The number of ether oxygens (including phenoxy) is 1. The average molecular weight is 431 g/mol. The molecule has 0 spiro atoms. The molecule has 8 nitrogen and oxygen atoms in total. The third-order valence-corrected chi connectivity index (χ3v) is 5.32. The second-order valence-corrected chi connectivity index (χ2v) is 7.45. The van der Waals surface area contributed by atoms with Crippen molar-refractivity contribution in [2.75, 3.05) is 32.6 Å². The first-order valence-corrected chi connectivity index (χ1v) is 10.2. The van der Waals surface area contributed by atoms with Gasteiger partial charge in [-0.1, -0.05) is 0 Å². The van der Waals surface area contributed by atoms with Crippen LogP contribution in [-0.2, 0) is 0 Å². The Morgan fingerprint density at radius 1 is 1.19 bits per heavy atom. The first-order chi connectivity index (χ1) is 15.5. The van der Waals surface area contributed by atoms with Gasteiger partial charge in [-0.25, -0.2) is 9.97 Å². The summed E-state index contributed by atoms with van der Waals surface area (Å²) in [5.41, 5.74) is 4.88. The summed E-state index contributed by atoms with van der Waals surface area (Å²) in [5.74, 6) is 1.29. The summed E-state index contributed by atoms with van der Waals surface area (Å²) in [4.78, 5) is 23.1. The number of nitrogens with one attached hydrogen (secondary N) is 1. The molecule has 2 N–H and O–H groups in total. The Hall–Kier alpha value is -3.91. The van der Waals surface area contributed by atoms with Crippen LogP contribution in [0.3, 0.4) is 0 Å². The molecule has 0 unspecified atom stereocenters. The number of aryl methyl sites for hydroxylation is 1. The van der Waals surface area contributed by atoms with E-state index in [0.717, 1.165) is 28.3 Å². The van der Waals surface area contributed by atoms with E-state index in [0.29, 0.717) is 23.6 Å². The number of hydrogen-bond donors (Lipinski definition) is 2. The van der Waals surface area contributed by atoms with E-state index in [2.05, 4.69) is 15.3 Å². The Labute approximate surface area is 186 Å². The molecule has 1 amide bonds. The Morgan fingerprint density at radius 2 is 1.97 bits per heavy atom. The summed E-state index contributed by atoms with van der Waals surface area (Å²) >= 11 is 0. The lowest BCUT2D eigenvalue weighted by Crippen LogP contribution is -2.29. The number of carbonyl (C=O) groups is 1. The molecule has 2 heterocycles. The molecule has 0 atom stereocenters. The average Bonchev–Trinajstić information content (AvgIpc) is 3.24. The number of aliphatic hydroxyl groups is 1. The van der Waals surface area contributed by atoms with Crippen molar-refractivity contribution in [1.29, 1.82) is 0 Å². The number of benzene rings is 2. The molecule has 4 rings (SSSR count). The number of imidazole rings is 1. The number of nitrogens with zero attached hydrogens (tertiary/aromatic N) is 4. The smallest absolute Gasteiger partial charge is 0.253 e. The van der Waals surface area contributed by atoms with Crippen LogP contribution in [0.1, 0.15) is 15.9 Å². The number of rotatable bonds is 7. The molecule has 4 aromatic rings. The fourth-order valence-electron chi connectivity index (χ4n) is 3.56. The first kappa shape index (κ1) is 21.3. The highest BCUT2D eigenvalue weighted by Gasteiger charge is 2.15. The predicted molar refractivity (Wildman–Crippen MR) is 123 cm³/mol. The lowest BCUT2D eigenvalue weighted by atomic mass is 10.1. The van der Waals surface area contributed by atoms with Crippen LogP contribution in [0.15, 0.2) is 61.1 Å².